The molecule has 1 atom stereocenters. The number of anilines is 2. The van der Waals surface area contributed by atoms with E-state index in [0.29, 0.717) is 5.92 Å². The topological polar surface area (TPSA) is 59.4 Å². The molecule has 3 rings (SSSR count). The molecule has 0 unspecified atom stereocenters. The highest BCUT2D eigenvalue weighted by Crippen LogP contribution is 2.29. The summed E-state index contributed by atoms with van der Waals surface area (Å²) in [5, 5.41) is 2.85. The number of carbonyl (C=O) groups is 1. The molecule has 1 amide bonds. The number of ether oxygens (including phenoxy) is 1. The zero-order valence-corrected chi connectivity index (χ0v) is 15.9. The van der Waals surface area contributed by atoms with Crippen LogP contribution in [0.15, 0.2) is 12.1 Å². The molecule has 0 bridgehead atoms. The van der Waals surface area contributed by atoms with Crippen LogP contribution in [-0.4, -0.2) is 42.3 Å². The fourth-order valence-corrected chi connectivity index (χ4v) is 3.46. The monoisotopic (exact) mass is 354 g/mol. The summed E-state index contributed by atoms with van der Waals surface area (Å²) in [6.07, 6.45) is 2.48. The molecule has 1 N–H and O–H groups in total. The summed E-state index contributed by atoms with van der Waals surface area (Å²) >= 11 is 0. The van der Waals surface area contributed by atoms with Crippen LogP contribution in [-0.2, 0) is 16.6 Å². The van der Waals surface area contributed by atoms with Crippen LogP contribution in [0.1, 0.15) is 25.3 Å². The number of benzene rings is 1. The SMILES string of the molecule is COCC#CC(=O)Nc1cc2nc(N3CCC[C@@H](C)C3)n(C)c2cc1C. The molecule has 2 heterocycles. The van der Waals surface area contributed by atoms with Gasteiger partial charge in [-0.1, -0.05) is 12.8 Å². The quantitative estimate of drug-likeness (QED) is 0.861. The lowest BCUT2D eigenvalue weighted by Crippen LogP contribution is -2.35. The molecule has 0 spiro atoms. The highest BCUT2D eigenvalue weighted by atomic mass is 16.5. The zero-order chi connectivity index (χ0) is 18.7. The number of aromatic nitrogens is 2. The Hall–Kier alpha value is -2.52. The highest BCUT2D eigenvalue weighted by Gasteiger charge is 2.21. The number of imidazole rings is 1. The van der Waals surface area contributed by atoms with Gasteiger partial charge in [0.1, 0.15) is 6.61 Å². The average molecular weight is 354 g/mol. The maximum absolute atomic E-state index is 12.0. The average Bonchev–Trinajstić information content (AvgIpc) is 2.92. The second-order valence-corrected chi connectivity index (χ2v) is 7.01. The fraction of sp³-hybridized carbons (Fsp3) is 0.500. The van der Waals surface area contributed by atoms with Crippen LogP contribution < -0.4 is 10.2 Å². The Balaban J connectivity index is 1.88. The smallest absolute Gasteiger partial charge is 0.300 e. The number of aryl methyl sites for hydroxylation is 2. The molecule has 1 aromatic carbocycles. The molecule has 1 aromatic heterocycles. The van der Waals surface area contributed by atoms with Crippen LogP contribution in [0.4, 0.5) is 11.6 Å². The van der Waals surface area contributed by atoms with Crippen molar-refractivity contribution in [3.8, 4) is 11.8 Å². The highest BCUT2D eigenvalue weighted by molar-refractivity contribution is 6.05. The van der Waals surface area contributed by atoms with E-state index in [9.17, 15) is 4.79 Å². The predicted molar refractivity (Wildman–Crippen MR) is 104 cm³/mol. The summed E-state index contributed by atoms with van der Waals surface area (Å²) in [5.74, 6) is 6.52. The molecule has 0 aliphatic carbocycles. The number of piperidine rings is 1. The van der Waals surface area contributed by atoms with E-state index in [2.05, 4.69) is 46.7 Å². The largest absolute Gasteiger partial charge is 0.372 e. The lowest BCUT2D eigenvalue weighted by molar-refractivity contribution is -0.111. The number of methoxy groups -OCH3 is 1. The summed E-state index contributed by atoms with van der Waals surface area (Å²) in [6.45, 7) is 6.59. The molecular formula is C20H26N4O2. The van der Waals surface area contributed by atoms with Crippen molar-refractivity contribution in [3.05, 3.63) is 17.7 Å². The summed E-state index contributed by atoms with van der Waals surface area (Å²) in [4.78, 5) is 19.2. The van der Waals surface area contributed by atoms with Crippen LogP contribution in [0.5, 0.6) is 0 Å². The van der Waals surface area contributed by atoms with Crippen LogP contribution in [0, 0.1) is 24.7 Å². The Morgan fingerprint density at radius 1 is 1.46 bits per heavy atom. The minimum atomic E-state index is -0.342. The third kappa shape index (κ3) is 3.83. The molecular weight excluding hydrogens is 328 g/mol. The van der Waals surface area contributed by atoms with E-state index in [0.717, 1.165) is 41.3 Å². The van der Waals surface area contributed by atoms with E-state index in [-0.39, 0.29) is 12.5 Å². The Labute approximate surface area is 154 Å². The van der Waals surface area contributed by atoms with Gasteiger partial charge in [-0.2, -0.15) is 0 Å². The number of amides is 1. The molecule has 2 aromatic rings. The Kier molecular flexibility index (Phi) is 5.48. The van der Waals surface area contributed by atoms with E-state index in [4.69, 9.17) is 9.72 Å². The predicted octanol–water partition coefficient (Wildman–Crippen LogP) is 2.71. The molecule has 26 heavy (non-hydrogen) atoms. The van der Waals surface area contributed by atoms with Crippen molar-refractivity contribution in [1.82, 2.24) is 9.55 Å². The molecule has 1 saturated heterocycles. The van der Waals surface area contributed by atoms with E-state index in [1.54, 1.807) is 7.11 Å². The number of nitrogens with one attached hydrogen (secondary N) is 1. The molecule has 0 radical (unpaired) electrons. The first-order valence-electron chi connectivity index (χ1n) is 9.00. The van der Waals surface area contributed by atoms with Gasteiger partial charge in [-0.05, 0) is 49.3 Å². The minimum Gasteiger partial charge on any atom is -0.372 e. The second-order valence-electron chi connectivity index (χ2n) is 7.01. The van der Waals surface area contributed by atoms with Gasteiger partial charge in [-0.3, -0.25) is 4.79 Å². The van der Waals surface area contributed by atoms with Crippen molar-refractivity contribution in [3.63, 3.8) is 0 Å². The third-order valence-electron chi connectivity index (χ3n) is 4.81. The van der Waals surface area contributed by atoms with Crippen molar-refractivity contribution in [2.45, 2.75) is 26.7 Å². The van der Waals surface area contributed by atoms with E-state index >= 15 is 0 Å². The first kappa shape index (κ1) is 18.3. The molecule has 1 aliphatic heterocycles. The van der Waals surface area contributed by atoms with Gasteiger partial charge in [0, 0.05) is 32.9 Å². The third-order valence-corrected chi connectivity index (χ3v) is 4.81. The van der Waals surface area contributed by atoms with E-state index in [1.165, 1.54) is 12.8 Å². The van der Waals surface area contributed by atoms with Gasteiger partial charge in [-0.25, -0.2) is 4.98 Å². The van der Waals surface area contributed by atoms with E-state index < -0.39 is 0 Å². The summed E-state index contributed by atoms with van der Waals surface area (Å²) in [6, 6.07) is 3.99. The minimum absolute atomic E-state index is 0.239. The number of rotatable bonds is 3. The first-order chi connectivity index (χ1) is 12.5. The van der Waals surface area contributed by atoms with Crippen molar-refractivity contribution >= 4 is 28.6 Å². The number of nitrogens with zero attached hydrogens (tertiary/aromatic N) is 3. The standard InChI is InChI=1S/C20H26N4O2/c1-14-7-5-9-24(13-14)20-22-17-12-16(15(2)11-18(17)23(20)3)21-19(25)8-6-10-26-4/h11-12,14H,5,7,9-10,13H2,1-4H3,(H,21,25)/t14-/m1/s1. The number of hydrogen-bond donors (Lipinski definition) is 1. The lowest BCUT2D eigenvalue weighted by atomic mass is 10.0. The van der Waals surface area contributed by atoms with Gasteiger partial charge < -0.3 is 19.5 Å². The van der Waals surface area contributed by atoms with Crippen LogP contribution in [0.25, 0.3) is 11.0 Å². The molecule has 6 nitrogen and oxygen atoms in total. The molecule has 1 aliphatic rings. The maximum atomic E-state index is 12.0. The number of fused-ring (bicyclic) bond motifs is 1. The fourth-order valence-electron chi connectivity index (χ4n) is 3.46. The van der Waals surface area contributed by atoms with Crippen molar-refractivity contribution in [1.29, 1.82) is 0 Å². The summed E-state index contributed by atoms with van der Waals surface area (Å²) < 4.78 is 6.98. The Morgan fingerprint density at radius 3 is 3.00 bits per heavy atom. The summed E-state index contributed by atoms with van der Waals surface area (Å²) in [5.41, 5.74) is 3.68. The first-order valence-corrected chi connectivity index (χ1v) is 9.00. The van der Waals surface area contributed by atoms with Crippen molar-refractivity contribution in [2.24, 2.45) is 13.0 Å². The summed E-state index contributed by atoms with van der Waals surface area (Å²) in [7, 11) is 3.60. The molecule has 1 fully saturated rings. The Morgan fingerprint density at radius 2 is 2.27 bits per heavy atom. The molecule has 138 valence electrons. The van der Waals surface area contributed by atoms with Crippen molar-refractivity contribution < 1.29 is 9.53 Å². The van der Waals surface area contributed by atoms with Gasteiger partial charge in [0.05, 0.1) is 11.0 Å². The van der Waals surface area contributed by atoms with Crippen LogP contribution in [0.2, 0.25) is 0 Å². The van der Waals surface area contributed by atoms with Crippen LogP contribution in [0.3, 0.4) is 0 Å². The number of carbonyl (C=O) groups excluding carboxylic acids is 1. The van der Waals surface area contributed by atoms with Crippen LogP contribution >= 0.6 is 0 Å². The van der Waals surface area contributed by atoms with Gasteiger partial charge in [0.25, 0.3) is 5.91 Å². The maximum Gasteiger partial charge on any atom is 0.300 e. The zero-order valence-electron chi connectivity index (χ0n) is 15.9. The number of hydrogen-bond acceptors (Lipinski definition) is 4. The van der Waals surface area contributed by atoms with Gasteiger partial charge >= 0.3 is 0 Å². The molecule has 0 saturated carbocycles. The van der Waals surface area contributed by atoms with Gasteiger partial charge in [-0.15, -0.1) is 0 Å². The lowest BCUT2D eigenvalue weighted by Gasteiger charge is -2.31. The molecule has 6 heteroatoms. The van der Waals surface area contributed by atoms with Crippen molar-refractivity contribution in [2.75, 3.05) is 37.0 Å². The van der Waals surface area contributed by atoms with Gasteiger partial charge in [0.2, 0.25) is 5.95 Å². The second kappa shape index (κ2) is 7.79. The van der Waals surface area contributed by atoms with E-state index in [1.807, 2.05) is 13.0 Å². The van der Waals surface area contributed by atoms with Gasteiger partial charge in [0.15, 0.2) is 0 Å². The Bertz CT molecular complexity index is 875. The normalized spacial score (nSPS) is 17.1.